The van der Waals surface area contributed by atoms with Gasteiger partial charge in [-0.2, -0.15) is 0 Å². The van der Waals surface area contributed by atoms with Gasteiger partial charge >= 0.3 is 0 Å². The molecule has 0 bridgehead atoms. The van der Waals surface area contributed by atoms with Crippen molar-refractivity contribution in [2.24, 2.45) is 5.92 Å². The van der Waals surface area contributed by atoms with Gasteiger partial charge in [0.1, 0.15) is 23.0 Å². The second-order valence-corrected chi connectivity index (χ2v) is 7.34. The Kier molecular flexibility index (Phi) is 4.93. The summed E-state index contributed by atoms with van der Waals surface area (Å²) in [5.41, 5.74) is 3.20. The Morgan fingerprint density at radius 3 is 2.31 bits per heavy atom. The Morgan fingerprint density at radius 1 is 0.931 bits per heavy atom. The molecule has 0 radical (unpaired) electrons. The number of benzene rings is 3. The van der Waals surface area contributed by atoms with Crippen molar-refractivity contribution in [1.29, 1.82) is 0 Å². The number of carbonyl (C=O) groups is 2. The van der Waals surface area contributed by atoms with E-state index in [2.05, 4.69) is 0 Å². The standard InChI is InChI=1S/C25H22O4/c1-15-8-10-17(11-9-15)25(27)23(16(2)26)24-19-6-4-5-7-21(19)29-22-13-12-18(28-3)14-20(22)24/h4-14,23-24H,1-3H3/t23-,24+/m0/s1. The average molecular weight is 386 g/mol. The van der Waals surface area contributed by atoms with Crippen LogP contribution in [0, 0.1) is 12.8 Å². The third-order valence-corrected chi connectivity index (χ3v) is 5.42. The van der Waals surface area contributed by atoms with E-state index in [0.717, 1.165) is 16.7 Å². The lowest BCUT2D eigenvalue weighted by Crippen LogP contribution is -2.31. The maximum atomic E-state index is 13.5. The van der Waals surface area contributed by atoms with Crippen molar-refractivity contribution in [2.75, 3.05) is 7.11 Å². The van der Waals surface area contributed by atoms with Gasteiger partial charge < -0.3 is 9.47 Å². The first-order valence-electron chi connectivity index (χ1n) is 9.55. The summed E-state index contributed by atoms with van der Waals surface area (Å²) in [6.07, 6.45) is 0. The van der Waals surface area contributed by atoms with E-state index >= 15 is 0 Å². The summed E-state index contributed by atoms with van der Waals surface area (Å²) in [5.74, 6) is 0.293. The average Bonchev–Trinajstić information content (AvgIpc) is 2.73. The summed E-state index contributed by atoms with van der Waals surface area (Å²) >= 11 is 0. The van der Waals surface area contributed by atoms with Crippen molar-refractivity contribution >= 4 is 11.6 Å². The Bertz CT molecular complexity index is 1080. The molecule has 0 N–H and O–H groups in total. The van der Waals surface area contributed by atoms with Crippen LogP contribution in [0.4, 0.5) is 0 Å². The van der Waals surface area contributed by atoms with Crippen molar-refractivity contribution in [2.45, 2.75) is 19.8 Å². The van der Waals surface area contributed by atoms with Crippen molar-refractivity contribution in [3.05, 3.63) is 89.0 Å². The van der Waals surface area contributed by atoms with Gasteiger partial charge in [0.25, 0.3) is 0 Å². The van der Waals surface area contributed by atoms with Crippen molar-refractivity contribution in [3.63, 3.8) is 0 Å². The molecule has 29 heavy (non-hydrogen) atoms. The van der Waals surface area contributed by atoms with E-state index < -0.39 is 11.8 Å². The van der Waals surface area contributed by atoms with Crippen LogP contribution in [0.5, 0.6) is 17.2 Å². The van der Waals surface area contributed by atoms with Gasteiger partial charge in [0, 0.05) is 22.6 Å². The number of ketones is 2. The zero-order chi connectivity index (χ0) is 20.5. The molecule has 0 spiro atoms. The summed E-state index contributed by atoms with van der Waals surface area (Å²) in [4.78, 5) is 26.3. The first-order valence-corrected chi connectivity index (χ1v) is 9.55. The number of hydrogen-bond donors (Lipinski definition) is 0. The quantitative estimate of drug-likeness (QED) is 0.439. The van der Waals surface area contributed by atoms with Crippen LogP contribution in [0.3, 0.4) is 0 Å². The fourth-order valence-electron chi connectivity index (χ4n) is 3.93. The Balaban J connectivity index is 1.89. The number of rotatable bonds is 5. The number of ether oxygens (including phenoxy) is 2. The van der Waals surface area contributed by atoms with Gasteiger partial charge in [-0.05, 0) is 38.1 Å². The van der Waals surface area contributed by atoms with E-state index in [9.17, 15) is 9.59 Å². The van der Waals surface area contributed by atoms with Gasteiger partial charge in [-0.15, -0.1) is 0 Å². The van der Waals surface area contributed by atoms with Gasteiger partial charge in [0.15, 0.2) is 5.78 Å². The molecule has 4 rings (SSSR count). The first-order chi connectivity index (χ1) is 14.0. The number of Topliss-reactive ketones (excluding diaryl/α,β-unsaturated/α-hetero) is 2. The zero-order valence-electron chi connectivity index (χ0n) is 16.6. The maximum Gasteiger partial charge on any atom is 0.174 e. The highest BCUT2D eigenvalue weighted by atomic mass is 16.5. The van der Waals surface area contributed by atoms with E-state index in [1.54, 1.807) is 19.2 Å². The molecule has 0 saturated heterocycles. The van der Waals surface area contributed by atoms with Crippen molar-refractivity contribution in [3.8, 4) is 17.2 Å². The topological polar surface area (TPSA) is 52.6 Å². The molecule has 0 saturated carbocycles. The van der Waals surface area contributed by atoms with E-state index in [1.807, 2.05) is 61.5 Å². The Morgan fingerprint density at radius 2 is 1.62 bits per heavy atom. The molecule has 0 amide bonds. The second-order valence-electron chi connectivity index (χ2n) is 7.34. The second kappa shape index (κ2) is 7.55. The molecule has 4 nitrogen and oxygen atoms in total. The van der Waals surface area contributed by atoms with Crippen LogP contribution in [0.15, 0.2) is 66.7 Å². The summed E-state index contributed by atoms with van der Waals surface area (Å²) < 4.78 is 11.4. The highest BCUT2D eigenvalue weighted by Gasteiger charge is 2.40. The molecule has 0 fully saturated rings. The number of methoxy groups -OCH3 is 1. The molecule has 1 aliphatic heterocycles. The van der Waals surface area contributed by atoms with Crippen LogP contribution in [0.1, 0.15) is 39.9 Å². The molecule has 0 aromatic heterocycles. The smallest absolute Gasteiger partial charge is 0.174 e. The Hall–Kier alpha value is -3.40. The van der Waals surface area contributed by atoms with E-state index in [-0.39, 0.29) is 11.6 Å². The van der Waals surface area contributed by atoms with Gasteiger partial charge in [0.05, 0.1) is 13.0 Å². The lowest BCUT2D eigenvalue weighted by molar-refractivity contribution is -0.119. The number of carbonyl (C=O) groups excluding carboxylic acids is 2. The largest absolute Gasteiger partial charge is 0.497 e. The van der Waals surface area contributed by atoms with Crippen LogP contribution >= 0.6 is 0 Å². The minimum atomic E-state index is -0.853. The summed E-state index contributed by atoms with van der Waals surface area (Å²) in [6.45, 7) is 3.45. The molecular formula is C25H22O4. The van der Waals surface area contributed by atoms with E-state index in [0.29, 0.717) is 22.8 Å². The van der Waals surface area contributed by atoms with Gasteiger partial charge in [-0.3, -0.25) is 9.59 Å². The highest BCUT2D eigenvalue weighted by molar-refractivity contribution is 6.11. The summed E-state index contributed by atoms with van der Waals surface area (Å²) in [5, 5.41) is 0. The van der Waals surface area contributed by atoms with Crippen molar-refractivity contribution < 1.29 is 19.1 Å². The normalized spacial score (nSPS) is 15.5. The van der Waals surface area contributed by atoms with Crippen LogP contribution < -0.4 is 9.47 Å². The minimum absolute atomic E-state index is 0.175. The SMILES string of the molecule is COc1ccc2c(c1)[C@H]([C@H](C(C)=O)C(=O)c1ccc(C)cc1)c1ccccc1O2. The molecule has 0 unspecified atom stereocenters. The monoisotopic (exact) mass is 386 g/mol. The number of hydrogen-bond acceptors (Lipinski definition) is 4. The van der Waals surface area contributed by atoms with Gasteiger partial charge in [0.2, 0.25) is 0 Å². The maximum absolute atomic E-state index is 13.5. The molecule has 3 aromatic rings. The Labute approximate surface area is 170 Å². The van der Waals surface area contributed by atoms with Crippen LogP contribution in [0.2, 0.25) is 0 Å². The minimum Gasteiger partial charge on any atom is -0.497 e. The van der Waals surface area contributed by atoms with Crippen LogP contribution in [-0.4, -0.2) is 18.7 Å². The van der Waals surface area contributed by atoms with Crippen molar-refractivity contribution in [1.82, 2.24) is 0 Å². The van der Waals surface area contributed by atoms with Gasteiger partial charge in [-0.1, -0.05) is 48.0 Å². The first kappa shape index (κ1) is 18.9. The zero-order valence-corrected chi connectivity index (χ0v) is 16.6. The van der Waals surface area contributed by atoms with Crippen LogP contribution in [0.25, 0.3) is 0 Å². The molecule has 1 aliphatic rings. The molecule has 4 heteroatoms. The molecular weight excluding hydrogens is 364 g/mol. The summed E-state index contributed by atoms with van der Waals surface area (Å²) in [6, 6.07) is 20.4. The lowest BCUT2D eigenvalue weighted by Gasteiger charge is -2.32. The molecule has 2 atom stereocenters. The molecule has 3 aromatic carbocycles. The third kappa shape index (κ3) is 3.42. The van der Waals surface area contributed by atoms with Crippen LogP contribution in [-0.2, 0) is 4.79 Å². The fourth-order valence-corrected chi connectivity index (χ4v) is 3.93. The highest BCUT2D eigenvalue weighted by Crippen LogP contribution is 2.49. The predicted molar refractivity (Wildman–Crippen MR) is 111 cm³/mol. The third-order valence-electron chi connectivity index (χ3n) is 5.42. The molecule has 146 valence electrons. The lowest BCUT2D eigenvalue weighted by atomic mass is 9.73. The fraction of sp³-hybridized carbons (Fsp3) is 0.200. The number of fused-ring (bicyclic) bond motifs is 2. The number of aryl methyl sites for hydroxylation is 1. The molecule has 1 heterocycles. The van der Waals surface area contributed by atoms with E-state index in [4.69, 9.17) is 9.47 Å². The predicted octanol–water partition coefficient (Wildman–Crippen LogP) is 5.33. The summed E-state index contributed by atoms with van der Waals surface area (Å²) in [7, 11) is 1.59. The van der Waals surface area contributed by atoms with Gasteiger partial charge in [-0.25, -0.2) is 0 Å². The van der Waals surface area contributed by atoms with E-state index in [1.165, 1.54) is 6.92 Å². The molecule has 0 aliphatic carbocycles. The number of para-hydroxylation sites is 1.